The lowest BCUT2D eigenvalue weighted by atomic mass is 9.82. The maximum atomic E-state index is 10.7. The lowest BCUT2D eigenvalue weighted by Crippen LogP contribution is -2.48. The van der Waals surface area contributed by atoms with Crippen LogP contribution in [-0.2, 0) is 4.74 Å². The van der Waals surface area contributed by atoms with Crippen molar-refractivity contribution in [2.75, 3.05) is 0 Å². The monoisotopic (exact) mass is 320 g/mol. The van der Waals surface area contributed by atoms with Gasteiger partial charge in [0, 0.05) is 0 Å². The molecule has 0 aromatic rings. The highest BCUT2D eigenvalue weighted by atomic mass is 16.5. The Labute approximate surface area is 140 Å². The van der Waals surface area contributed by atoms with E-state index in [0.29, 0.717) is 12.8 Å². The number of ether oxygens (including phenoxy) is 1. The van der Waals surface area contributed by atoms with Crippen molar-refractivity contribution in [3.05, 3.63) is 35.5 Å². The molecule has 0 amide bonds. The smallest absolute Gasteiger partial charge is 0.105 e. The molecule has 0 saturated carbocycles. The molecule has 2 aliphatic rings. The van der Waals surface area contributed by atoms with Gasteiger partial charge in [-0.05, 0) is 63.0 Å². The van der Waals surface area contributed by atoms with Gasteiger partial charge >= 0.3 is 0 Å². The quantitative estimate of drug-likeness (QED) is 0.720. The molecule has 23 heavy (non-hydrogen) atoms. The molecule has 1 fully saturated rings. The van der Waals surface area contributed by atoms with Gasteiger partial charge in [-0.1, -0.05) is 38.2 Å². The molecule has 0 aromatic carbocycles. The predicted molar refractivity (Wildman–Crippen MR) is 94.2 cm³/mol. The highest BCUT2D eigenvalue weighted by molar-refractivity contribution is 5.21. The van der Waals surface area contributed by atoms with Crippen LogP contribution in [0.15, 0.2) is 35.5 Å². The molecule has 0 unspecified atom stereocenters. The lowest BCUT2D eigenvalue weighted by Gasteiger charge is -2.41. The second-order valence-corrected chi connectivity index (χ2v) is 7.73. The SMILES string of the molecule is C=C1CC/C=C(\C)C[C@@H](O)/C(C(C)C)=C\[C@H]2O[C@H]1CC[C@]2(C)O. The molecule has 0 spiro atoms. The van der Waals surface area contributed by atoms with Gasteiger partial charge in [0.25, 0.3) is 0 Å². The third-order valence-electron chi connectivity index (χ3n) is 5.16. The molecular formula is C20H32O3. The largest absolute Gasteiger partial charge is 0.388 e. The van der Waals surface area contributed by atoms with Crippen molar-refractivity contribution >= 4 is 0 Å². The van der Waals surface area contributed by atoms with Crippen LogP contribution in [0.2, 0.25) is 0 Å². The van der Waals surface area contributed by atoms with E-state index in [9.17, 15) is 10.2 Å². The summed E-state index contributed by atoms with van der Waals surface area (Å²) in [5, 5.41) is 21.4. The van der Waals surface area contributed by atoms with Crippen molar-refractivity contribution in [3.63, 3.8) is 0 Å². The van der Waals surface area contributed by atoms with E-state index in [1.54, 1.807) is 0 Å². The van der Waals surface area contributed by atoms with E-state index < -0.39 is 17.8 Å². The fourth-order valence-electron chi connectivity index (χ4n) is 3.51. The number of rotatable bonds is 1. The average molecular weight is 320 g/mol. The molecule has 2 heterocycles. The Morgan fingerprint density at radius 1 is 1.39 bits per heavy atom. The van der Waals surface area contributed by atoms with Gasteiger partial charge in [0.1, 0.15) is 6.10 Å². The molecule has 3 heteroatoms. The number of hydrogen-bond acceptors (Lipinski definition) is 3. The first kappa shape index (κ1) is 18.4. The molecule has 2 N–H and O–H groups in total. The third-order valence-corrected chi connectivity index (χ3v) is 5.16. The summed E-state index contributed by atoms with van der Waals surface area (Å²) >= 11 is 0. The van der Waals surface area contributed by atoms with E-state index in [1.165, 1.54) is 5.57 Å². The summed E-state index contributed by atoms with van der Waals surface area (Å²) in [6.07, 6.45) is 7.19. The molecule has 1 saturated heterocycles. The zero-order valence-electron chi connectivity index (χ0n) is 15.0. The van der Waals surface area contributed by atoms with Crippen LogP contribution < -0.4 is 0 Å². The van der Waals surface area contributed by atoms with Gasteiger partial charge in [0.15, 0.2) is 0 Å². The van der Waals surface area contributed by atoms with E-state index in [-0.39, 0.29) is 12.0 Å². The summed E-state index contributed by atoms with van der Waals surface area (Å²) in [7, 11) is 0. The van der Waals surface area contributed by atoms with Gasteiger partial charge in [0.05, 0.1) is 17.8 Å². The van der Waals surface area contributed by atoms with Gasteiger partial charge in [0.2, 0.25) is 0 Å². The Morgan fingerprint density at radius 2 is 2.09 bits per heavy atom. The molecule has 2 aliphatic heterocycles. The molecule has 0 aromatic heterocycles. The van der Waals surface area contributed by atoms with Gasteiger partial charge in [-0.15, -0.1) is 0 Å². The Bertz CT molecular complexity index is 499. The van der Waals surface area contributed by atoms with Crippen molar-refractivity contribution in [1.82, 2.24) is 0 Å². The van der Waals surface area contributed by atoms with E-state index in [2.05, 4.69) is 33.4 Å². The minimum atomic E-state index is -0.897. The number of aliphatic hydroxyl groups is 2. The number of aliphatic hydroxyl groups excluding tert-OH is 1. The Hall–Kier alpha value is -0.900. The maximum absolute atomic E-state index is 10.7. The van der Waals surface area contributed by atoms with E-state index in [0.717, 1.165) is 30.4 Å². The van der Waals surface area contributed by atoms with Crippen molar-refractivity contribution in [1.29, 1.82) is 0 Å². The highest BCUT2D eigenvalue weighted by Gasteiger charge is 2.39. The summed E-state index contributed by atoms with van der Waals surface area (Å²) in [4.78, 5) is 0. The molecule has 3 nitrogen and oxygen atoms in total. The fraction of sp³-hybridized carbons (Fsp3) is 0.700. The fourth-order valence-corrected chi connectivity index (χ4v) is 3.51. The van der Waals surface area contributed by atoms with Crippen LogP contribution in [0.25, 0.3) is 0 Å². The molecule has 130 valence electrons. The Balaban J connectivity index is 2.39. The maximum Gasteiger partial charge on any atom is 0.105 e. The van der Waals surface area contributed by atoms with Gasteiger partial charge in [-0.25, -0.2) is 0 Å². The van der Waals surface area contributed by atoms with Crippen LogP contribution in [0.3, 0.4) is 0 Å². The topological polar surface area (TPSA) is 49.7 Å². The van der Waals surface area contributed by atoms with Crippen LogP contribution in [-0.4, -0.2) is 34.1 Å². The van der Waals surface area contributed by atoms with Crippen LogP contribution in [0.1, 0.15) is 59.8 Å². The van der Waals surface area contributed by atoms with E-state index >= 15 is 0 Å². The molecule has 0 aliphatic carbocycles. The van der Waals surface area contributed by atoms with Crippen LogP contribution in [0, 0.1) is 5.92 Å². The van der Waals surface area contributed by atoms with Gasteiger partial charge < -0.3 is 14.9 Å². The zero-order chi connectivity index (χ0) is 17.2. The van der Waals surface area contributed by atoms with Crippen molar-refractivity contribution in [2.45, 2.75) is 83.7 Å². The average Bonchev–Trinajstić information content (AvgIpc) is 2.43. The molecular weight excluding hydrogens is 288 g/mol. The first-order chi connectivity index (χ1) is 10.7. The summed E-state index contributed by atoms with van der Waals surface area (Å²) in [6.45, 7) is 12.3. The Kier molecular flexibility index (Phi) is 5.88. The second-order valence-electron chi connectivity index (χ2n) is 7.73. The predicted octanol–water partition coefficient (Wildman–Crippen LogP) is 3.91. The summed E-state index contributed by atoms with van der Waals surface area (Å²) in [5.41, 5.74) is 2.37. The number of fused-ring (bicyclic) bond motifs is 2. The minimum Gasteiger partial charge on any atom is -0.388 e. The zero-order valence-corrected chi connectivity index (χ0v) is 15.0. The van der Waals surface area contributed by atoms with Crippen molar-refractivity contribution in [3.8, 4) is 0 Å². The minimum absolute atomic E-state index is 0.00448. The van der Waals surface area contributed by atoms with Gasteiger partial charge in [-0.2, -0.15) is 0 Å². The van der Waals surface area contributed by atoms with Crippen molar-refractivity contribution < 1.29 is 14.9 Å². The number of hydrogen-bond donors (Lipinski definition) is 2. The second kappa shape index (κ2) is 7.33. The molecule has 2 rings (SSSR count). The summed E-state index contributed by atoms with van der Waals surface area (Å²) in [5.74, 6) is 0.212. The Morgan fingerprint density at radius 3 is 2.74 bits per heavy atom. The normalized spacial score (nSPS) is 41.3. The van der Waals surface area contributed by atoms with Crippen molar-refractivity contribution in [2.24, 2.45) is 5.92 Å². The van der Waals surface area contributed by atoms with Crippen LogP contribution >= 0.6 is 0 Å². The summed E-state index contributed by atoms with van der Waals surface area (Å²) in [6, 6.07) is 0. The van der Waals surface area contributed by atoms with E-state index in [1.807, 2.05) is 13.0 Å². The highest BCUT2D eigenvalue weighted by Crippen LogP contribution is 2.35. The lowest BCUT2D eigenvalue weighted by molar-refractivity contribution is -0.137. The first-order valence-corrected chi connectivity index (χ1v) is 8.81. The standard InChI is InChI=1S/C20H32O3/c1-13(2)16-12-19-20(5,22)10-9-18(23-19)15(4)8-6-7-14(3)11-17(16)21/h7,12-13,17-19,21-22H,4,6,8-11H2,1-3,5H3/b14-7+,16-12-/t17-,18+,19-,20+/m1/s1. The van der Waals surface area contributed by atoms with Gasteiger partial charge in [-0.3, -0.25) is 0 Å². The molecule has 2 bridgehead atoms. The number of allylic oxidation sites excluding steroid dienone is 1. The molecule has 4 atom stereocenters. The van der Waals surface area contributed by atoms with Crippen LogP contribution in [0.5, 0.6) is 0 Å². The summed E-state index contributed by atoms with van der Waals surface area (Å²) < 4.78 is 6.18. The molecule has 0 radical (unpaired) electrons. The third kappa shape index (κ3) is 4.56. The van der Waals surface area contributed by atoms with Crippen LogP contribution in [0.4, 0.5) is 0 Å². The first-order valence-electron chi connectivity index (χ1n) is 8.81. The van der Waals surface area contributed by atoms with E-state index in [4.69, 9.17) is 4.74 Å².